The molecule has 0 unspecified atom stereocenters. The Morgan fingerprint density at radius 1 is 1.48 bits per heavy atom. The first-order valence-corrected chi connectivity index (χ1v) is 7.36. The molecule has 0 aliphatic rings. The molecule has 0 bridgehead atoms. The third kappa shape index (κ3) is 4.71. The first-order valence-electron chi connectivity index (χ1n) is 6.48. The van der Waals surface area contributed by atoms with Gasteiger partial charge < -0.3 is 16.2 Å². The Hall–Kier alpha value is -2.15. The predicted molar refractivity (Wildman–Crippen MR) is 79.6 cm³/mol. The van der Waals surface area contributed by atoms with Crippen LogP contribution in [0.2, 0.25) is 0 Å². The van der Waals surface area contributed by atoms with Gasteiger partial charge in [0.05, 0.1) is 12.1 Å². The Labute approximate surface area is 125 Å². The summed E-state index contributed by atoms with van der Waals surface area (Å²) in [5.41, 5.74) is 6.98. The molecule has 2 rings (SSSR count). The standard InChI is InChI=1S/C14H16FN3O2S/c15-11-6-9(3-4-12(11)19)7-13(20)17-5-1-2-10-8-21-14(16)18-10/h3-4,6,8,19H,1-2,5,7H2,(H2,16,18)(H,17,20). The molecule has 2 aromatic rings. The number of carbonyl (C=O) groups excluding carboxylic acids is 1. The van der Waals surface area contributed by atoms with Crippen molar-refractivity contribution in [3.05, 3.63) is 40.7 Å². The minimum absolute atomic E-state index is 0.0842. The van der Waals surface area contributed by atoms with Gasteiger partial charge >= 0.3 is 0 Å². The van der Waals surface area contributed by atoms with E-state index in [0.29, 0.717) is 17.2 Å². The van der Waals surface area contributed by atoms with Gasteiger partial charge in [-0.05, 0) is 30.5 Å². The number of hydrogen-bond acceptors (Lipinski definition) is 5. The summed E-state index contributed by atoms with van der Waals surface area (Å²) in [7, 11) is 0. The first kappa shape index (κ1) is 15.2. The Morgan fingerprint density at radius 3 is 2.95 bits per heavy atom. The molecular formula is C14H16FN3O2S. The van der Waals surface area contributed by atoms with Crippen LogP contribution >= 0.6 is 11.3 Å². The van der Waals surface area contributed by atoms with Crippen LogP contribution in [0.15, 0.2) is 23.6 Å². The SMILES string of the molecule is Nc1nc(CCCNC(=O)Cc2ccc(O)c(F)c2)cs1. The number of aryl methyl sites for hydroxylation is 1. The highest BCUT2D eigenvalue weighted by molar-refractivity contribution is 7.13. The molecule has 7 heteroatoms. The van der Waals surface area contributed by atoms with Gasteiger partial charge in [0.15, 0.2) is 16.7 Å². The van der Waals surface area contributed by atoms with Crippen LogP contribution in [0.3, 0.4) is 0 Å². The van der Waals surface area contributed by atoms with E-state index in [0.717, 1.165) is 24.6 Å². The van der Waals surface area contributed by atoms with Crippen molar-refractivity contribution in [3.8, 4) is 5.75 Å². The van der Waals surface area contributed by atoms with E-state index >= 15 is 0 Å². The van der Waals surface area contributed by atoms with Gasteiger partial charge in [0, 0.05) is 11.9 Å². The molecule has 0 aliphatic carbocycles. The number of amides is 1. The van der Waals surface area contributed by atoms with E-state index < -0.39 is 11.6 Å². The number of carbonyl (C=O) groups is 1. The summed E-state index contributed by atoms with van der Waals surface area (Å²) in [6.45, 7) is 0.525. The monoisotopic (exact) mass is 309 g/mol. The van der Waals surface area contributed by atoms with Gasteiger partial charge in [-0.15, -0.1) is 11.3 Å². The number of rotatable bonds is 6. The number of nitrogens with two attached hydrogens (primary N) is 1. The van der Waals surface area contributed by atoms with Crippen LogP contribution in [0.5, 0.6) is 5.75 Å². The number of phenolic OH excluding ortho intramolecular Hbond substituents is 1. The Balaban J connectivity index is 1.71. The summed E-state index contributed by atoms with van der Waals surface area (Å²) in [6, 6.07) is 3.92. The van der Waals surface area contributed by atoms with Crippen LogP contribution in [-0.4, -0.2) is 22.5 Å². The van der Waals surface area contributed by atoms with Crippen molar-refractivity contribution in [3.63, 3.8) is 0 Å². The lowest BCUT2D eigenvalue weighted by Crippen LogP contribution is -2.26. The van der Waals surface area contributed by atoms with Crippen molar-refractivity contribution in [2.45, 2.75) is 19.3 Å². The largest absolute Gasteiger partial charge is 0.505 e. The number of thiazole rings is 1. The second kappa shape index (κ2) is 7.03. The summed E-state index contributed by atoms with van der Waals surface area (Å²) in [5.74, 6) is -1.32. The summed E-state index contributed by atoms with van der Waals surface area (Å²) >= 11 is 1.40. The maximum atomic E-state index is 13.1. The van der Waals surface area contributed by atoms with Crippen molar-refractivity contribution in [1.82, 2.24) is 10.3 Å². The smallest absolute Gasteiger partial charge is 0.224 e. The van der Waals surface area contributed by atoms with E-state index in [1.807, 2.05) is 5.38 Å². The van der Waals surface area contributed by atoms with Gasteiger partial charge in [-0.1, -0.05) is 6.07 Å². The molecule has 0 atom stereocenters. The van der Waals surface area contributed by atoms with E-state index in [1.165, 1.54) is 23.5 Å². The summed E-state index contributed by atoms with van der Waals surface area (Å²) < 4.78 is 13.1. The van der Waals surface area contributed by atoms with Gasteiger partial charge in [-0.25, -0.2) is 9.37 Å². The number of hydrogen-bond donors (Lipinski definition) is 3. The molecule has 21 heavy (non-hydrogen) atoms. The average Bonchev–Trinajstić information content (AvgIpc) is 2.85. The van der Waals surface area contributed by atoms with Crippen molar-refractivity contribution in [2.75, 3.05) is 12.3 Å². The lowest BCUT2D eigenvalue weighted by molar-refractivity contribution is -0.120. The van der Waals surface area contributed by atoms with E-state index in [-0.39, 0.29) is 12.3 Å². The van der Waals surface area contributed by atoms with Crippen molar-refractivity contribution in [1.29, 1.82) is 0 Å². The molecule has 112 valence electrons. The molecule has 4 N–H and O–H groups in total. The molecule has 1 aromatic heterocycles. The normalized spacial score (nSPS) is 10.5. The quantitative estimate of drug-likeness (QED) is 0.711. The van der Waals surface area contributed by atoms with Gasteiger partial charge in [0.25, 0.3) is 0 Å². The minimum atomic E-state index is -0.721. The zero-order valence-electron chi connectivity index (χ0n) is 11.3. The number of benzene rings is 1. The van der Waals surface area contributed by atoms with E-state index in [9.17, 15) is 9.18 Å². The van der Waals surface area contributed by atoms with Crippen LogP contribution in [0, 0.1) is 5.82 Å². The number of anilines is 1. The number of aromatic hydroxyl groups is 1. The highest BCUT2D eigenvalue weighted by atomic mass is 32.1. The molecule has 1 heterocycles. The third-order valence-electron chi connectivity index (χ3n) is 2.88. The number of aromatic nitrogens is 1. The summed E-state index contributed by atoms with van der Waals surface area (Å²) in [4.78, 5) is 15.8. The highest BCUT2D eigenvalue weighted by Gasteiger charge is 2.06. The Morgan fingerprint density at radius 2 is 2.29 bits per heavy atom. The fourth-order valence-corrected chi connectivity index (χ4v) is 2.44. The second-order valence-corrected chi connectivity index (χ2v) is 5.48. The number of nitrogens with one attached hydrogen (secondary N) is 1. The molecule has 0 spiro atoms. The molecule has 5 nitrogen and oxygen atoms in total. The molecular weight excluding hydrogens is 293 g/mol. The van der Waals surface area contributed by atoms with E-state index in [4.69, 9.17) is 10.8 Å². The lowest BCUT2D eigenvalue weighted by atomic mass is 10.1. The fraction of sp³-hybridized carbons (Fsp3) is 0.286. The summed E-state index contributed by atoms with van der Waals surface area (Å²) in [5, 5.41) is 14.3. The van der Waals surface area contributed by atoms with Crippen LogP contribution in [-0.2, 0) is 17.6 Å². The Bertz CT molecular complexity index is 630. The maximum absolute atomic E-state index is 13.1. The van der Waals surface area contributed by atoms with Crippen LogP contribution in [0.1, 0.15) is 17.7 Å². The number of nitrogens with zero attached hydrogens (tertiary/aromatic N) is 1. The van der Waals surface area contributed by atoms with Crippen molar-refractivity contribution >= 4 is 22.4 Å². The molecule has 1 aromatic carbocycles. The van der Waals surface area contributed by atoms with Crippen LogP contribution < -0.4 is 11.1 Å². The predicted octanol–water partition coefficient (Wildman–Crippen LogP) is 1.86. The zero-order valence-corrected chi connectivity index (χ0v) is 12.1. The molecule has 1 amide bonds. The average molecular weight is 309 g/mol. The minimum Gasteiger partial charge on any atom is -0.505 e. The topological polar surface area (TPSA) is 88.2 Å². The van der Waals surface area contributed by atoms with Crippen molar-refractivity contribution < 1.29 is 14.3 Å². The van der Waals surface area contributed by atoms with Crippen molar-refractivity contribution in [2.24, 2.45) is 0 Å². The number of phenols is 1. The van der Waals surface area contributed by atoms with E-state index in [1.54, 1.807) is 0 Å². The molecule has 0 saturated carbocycles. The van der Waals surface area contributed by atoms with E-state index in [2.05, 4.69) is 10.3 Å². The van der Waals surface area contributed by atoms with Gasteiger partial charge in [-0.2, -0.15) is 0 Å². The lowest BCUT2D eigenvalue weighted by Gasteiger charge is -2.05. The van der Waals surface area contributed by atoms with Gasteiger partial charge in [-0.3, -0.25) is 4.79 Å². The maximum Gasteiger partial charge on any atom is 0.224 e. The van der Waals surface area contributed by atoms with Gasteiger partial charge in [0.2, 0.25) is 5.91 Å². The molecule has 0 fully saturated rings. The van der Waals surface area contributed by atoms with Crippen LogP contribution in [0.25, 0.3) is 0 Å². The summed E-state index contributed by atoms with van der Waals surface area (Å²) in [6.07, 6.45) is 1.60. The van der Waals surface area contributed by atoms with Gasteiger partial charge in [0.1, 0.15) is 0 Å². The highest BCUT2D eigenvalue weighted by Crippen LogP contribution is 2.16. The second-order valence-electron chi connectivity index (χ2n) is 4.59. The number of halogens is 1. The third-order valence-corrected chi connectivity index (χ3v) is 3.60. The number of nitrogen functional groups attached to an aromatic ring is 1. The Kier molecular flexibility index (Phi) is 5.10. The first-order chi connectivity index (χ1) is 10.0. The fourth-order valence-electron chi connectivity index (χ4n) is 1.84. The molecule has 0 aliphatic heterocycles. The zero-order chi connectivity index (χ0) is 15.2. The molecule has 0 saturated heterocycles. The molecule has 0 radical (unpaired) electrons. The van der Waals surface area contributed by atoms with Crippen LogP contribution in [0.4, 0.5) is 9.52 Å².